The Bertz CT molecular complexity index is 1810. The van der Waals surface area contributed by atoms with Crippen LogP contribution in [-0.4, -0.2) is 64.0 Å². The topological polar surface area (TPSA) is 181 Å². The highest BCUT2D eigenvalue weighted by Gasteiger charge is 2.26. The molecule has 1 fully saturated rings. The van der Waals surface area contributed by atoms with Gasteiger partial charge in [-0.25, -0.2) is 19.2 Å². The number of piperidine rings is 1. The summed E-state index contributed by atoms with van der Waals surface area (Å²) in [4.78, 5) is 30.2. The lowest BCUT2D eigenvalue weighted by Crippen LogP contribution is -2.42. The van der Waals surface area contributed by atoms with Crippen LogP contribution in [0.4, 0.5) is 14.6 Å². The van der Waals surface area contributed by atoms with E-state index in [0.717, 1.165) is 24.0 Å². The number of amides is 1. The molecule has 254 valence electrons. The van der Waals surface area contributed by atoms with E-state index in [1.165, 1.54) is 37.6 Å². The van der Waals surface area contributed by atoms with Crippen molar-refractivity contribution in [3.05, 3.63) is 95.5 Å². The molecule has 14 heteroatoms. The molecule has 1 aliphatic rings. The zero-order valence-electron chi connectivity index (χ0n) is 26.4. The molecule has 0 unspecified atom stereocenters. The van der Waals surface area contributed by atoms with Gasteiger partial charge < -0.3 is 25.2 Å². The summed E-state index contributed by atoms with van der Waals surface area (Å²) in [6.45, 7) is 1.68. The molecule has 1 aliphatic heterocycles. The first-order chi connectivity index (χ1) is 23.7. The summed E-state index contributed by atoms with van der Waals surface area (Å²) >= 11 is 0. The van der Waals surface area contributed by atoms with E-state index in [0.29, 0.717) is 47.7 Å². The molecular weight excluding hydrogens is 638 g/mol. The fourth-order valence-corrected chi connectivity index (χ4v) is 5.42. The van der Waals surface area contributed by atoms with E-state index in [2.05, 4.69) is 21.3 Å². The second kappa shape index (κ2) is 17.3. The number of anilines is 1. The summed E-state index contributed by atoms with van der Waals surface area (Å²) in [5, 5.41) is 40.0. The SMILES string of the molecule is COc1ccc(-c2cnc(N3CCC(NCc4ccc(/C=C/C(=O)NO)cc4)CC3)c(C#N)c2-c2ccc(C(F)F)nc2)cc1O.O=CO. The number of nitriles is 1. The number of hydroxylamine groups is 1. The lowest BCUT2D eigenvalue weighted by atomic mass is 9.92. The van der Waals surface area contributed by atoms with Gasteiger partial charge >= 0.3 is 0 Å². The number of carboxylic acid groups (broad SMARTS) is 1. The second-order valence-corrected chi connectivity index (χ2v) is 10.8. The average Bonchev–Trinajstić information content (AvgIpc) is 3.13. The average molecular weight is 673 g/mol. The summed E-state index contributed by atoms with van der Waals surface area (Å²) < 4.78 is 31.7. The van der Waals surface area contributed by atoms with E-state index >= 15 is 0 Å². The Morgan fingerprint density at radius 1 is 1.10 bits per heavy atom. The highest BCUT2D eigenvalue weighted by molar-refractivity contribution is 5.91. The minimum Gasteiger partial charge on any atom is -0.504 e. The maximum absolute atomic E-state index is 13.3. The number of phenolic OH excluding ortho intramolecular Hbond substituents is 1. The van der Waals surface area contributed by atoms with E-state index in [4.69, 9.17) is 24.8 Å². The van der Waals surface area contributed by atoms with Gasteiger partial charge in [0.05, 0.1) is 7.11 Å². The van der Waals surface area contributed by atoms with E-state index in [1.807, 2.05) is 24.3 Å². The predicted octanol–water partition coefficient (Wildman–Crippen LogP) is 5.31. The standard InChI is InChI=1S/C34H32F2N6O4.CH2O2/c1-46-30-10-8-23(16-29(30)43)27-20-40-34(26(17-37)32(27)24-7-9-28(33(35)36)39-19-24)42-14-12-25(13-15-42)38-18-22-4-2-21(3-5-22)6-11-31(44)41-45;2-1-3/h2-11,16,19-20,25,33,38,43,45H,12-15,18H2,1H3,(H,41,44);1H,(H,2,3)/b11-6+;. The number of ether oxygens (including phenoxy) is 1. The van der Waals surface area contributed by atoms with Crippen molar-refractivity contribution in [2.75, 3.05) is 25.1 Å². The normalized spacial score (nSPS) is 13.0. The van der Waals surface area contributed by atoms with Gasteiger partial charge in [0.25, 0.3) is 18.8 Å². The fraction of sp³-hybridized carbons (Fsp3) is 0.229. The molecule has 0 radical (unpaired) electrons. The summed E-state index contributed by atoms with van der Waals surface area (Å²) in [6, 6.07) is 17.9. The third-order valence-corrected chi connectivity index (χ3v) is 7.87. The molecule has 2 aromatic carbocycles. The summed E-state index contributed by atoms with van der Waals surface area (Å²) in [5.41, 5.74) is 5.47. The van der Waals surface area contributed by atoms with Crippen LogP contribution in [0.2, 0.25) is 0 Å². The van der Waals surface area contributed by atoms with Gasteiger partial charge in [-0.1, -0.05) is 36.4 Å². The lowest BCUT2D eigenvalue weighted by Gasteiger charge is -2.34. The number of methoxy groups -OCH3 is 1. The first-order valence-electron chi connectivity index (χ1n) is 15.0. The number of halogens is 2. The predicted molar refractivity (Wildman–Crippen MR) is 177 cm³/mol. The number of carbonyl (C=O) groups is 2. The Morgan fingerprint density at radius 2 is 1.80 bits per heavy atom. The molecule has 3 heterocycles. The number of benzene rings is 2. The van der Waals surface area contributed by atoms with Crippen LogP contribution in [0.25, 0.3) is 28.3 Å². The molecule has 0 atom stereocenters. The van der Waals surface area contributed by atoms with Gasteiger partial charge in [-0.05, 0) is 53.8 Å². The molecule has 1 saturated heterocycles. The van der Waals surface area contributed by atoms with Crippen molar-refractivity contribution in [1.82, 2.24) is 20.8 Å². The van der Waals surface area contributed by atoms with E-state index in [9.17, 15) is 23.9 Å². The van der Waals surface area contributed by atoms with Crippen LogP contribution < -0.4 is 20.4 Å². The van der Waals surface area contributed by atoms with Crippen LogP contribution in [0.15, 0.2) is 73.1 Å². The smallest absolute Gasteiger partial charge is 0.290 e. The van der Waals surface area contributed by atoms with Crippen molar-refractivity contribution in [2.45, 2.75) is 31.9 Å². The van der Waals surface area contributed by atoms with Gasteiger partial charge in [-0.15, -0.1) is 0 Å². The number of hydrogen-bond acceptors (Lipinski definition) is 10. The molecule has 5 rings (SSSR count). The molecule has 0 spiro atoms. The number of aromatic hydroxyl groups is 1. The van der Waals surface area contributed by atoms with Crippen molar-refractivity contribution in [2.24, 2.45) is 0 Å². The fourth-order valence-electron chi connectivity index (χ4n) is 5.42. The number of pyridine rings is 2. The van der Waals surface area contributed by atoms with Crippen LogP contribution in [0.3, 0.4) is 0 Å². The van der Waals surface area contributed by atoms with Gasteiger partial charge in [-0.2, -0.15) is 5.26 Å². The number of carbonyl (C=O) groups excluding carboxylic acids is 1. The summed E-state index contributed by atoms with van der Waals surface area (Å²) in [5.74, 6) is 0.0936. The van der Waals surface area contributed by atoms with Gasteiger partial charge in [0.1, 0.15) is 23.1 Å². The van der Waals surface area contributed by atoms with Crippen LogP contribution in [-0.2, 0) is 16.1 Å². The van der Waals surface area contributed by atoms with Crippen molar-refractivity contribution < 1.29 is 38.5 Å². The Morgan fingerprint density at radius 3 is 2.37 bits per heavy atom. The first-order valence-corrected chi connectivity index (χ1v) is 15.0. The third kappa shape index (κ3) is 9.13. The Hall–Kier alpha value is -5.91. The first kappa shape index (κ1) is 35.9. The highest BCUT2D eigenvalue weighted by Crippen LogP contribution is 2.41. The van der Waals surface area contributed by atoms with E-state index in [-0.39, 0.29) is 35.3 Å². The molecule has 12 nitrogen and oxygen atoms in total. The number of aromatic nitrogens is 2. The largest absolute Gasteiger partial charge is 0.504 e. The number of hydrogen-bond donors (Lipinski definition) is 5. The molecule has 49 heavy (non-hydrogen) atoms. The van der Waals surface area contributed by atoms with Crippen LogP contribution >= 0.6 is 0 Å². The van der Waals surface area contributed by atoms with Gasteiger partial charge in [0.2, 0.25) is 0 Å². The summed E-state index contributed by atoms with van der Waals surface area (Å²) in [6.07, 6.45) is 4.69. The van der Waals surface area contributed by atoms with Gasteiger partial charge in [0, 0.05) is 60.8 Å². The molecule has 2 aromatic heterocycles. The van der Waals surface area contributed by atoms with Crippen LogP contribution in [0.5, 0.6) is 11.5 Å². The van der Waals surface area contributed by atoms with Crippen LogP contribution in [0.1, 0.15) is 41.7 Å². The third-order valence-electron chi connectivity index (χ3n) is 7.87. The molecule has 0 saturated carbocycles. The minimum absolute atomic E-state index is 0.0888. The van der Waals surface area contributed by atoms with Gasteiger partial charge in [-0.3, -0.25) is 19.8 Å². The minimum atomic E-state index is -2.73. The van der Waals surface area contributed by atoms with Crippen molar-refractivity contribution >= 4 is 24.3 Å². The maximum Gasteiger partial charge on any atom is 0.290 e. The summed E-state index contributed by atoms with van der Waals surface area (Å²) in [7, 11) is 1.44. The molecule has 1 amide bonds. The number of phenols is 1. The Labute approximate surface area is 280 Å². The van der Waals surface area contributed by atoms with Gasteiger partial charge in [0.15, 0.2) is 11.5 Å². The number of nitrogens with zero attached hydrogens (tertiary/aromatic N) is 4. The second-order valence-electron chi connectivity index (χ2n) is 10.8. The number of alkyl halides is 2. The maximum atomic E-state index is 13.3. The molecule has 0 aliphatic carbocycles. The Balaban J connectivity index is 0.00000174. The van der Waals surface area contributed by atoms with Crippen molar-refractivity contribution in [3.63, 3.8) is 0 Å². The lowest BCUT2D eigenvalue weighted by molar-refractivity contribution is -0.124. The zero-order chi connectivity index (χ0) is 35.3. The Kier molecular flexibility index (Phi) is 12.7. The number of nitrogens with one attached hydrogen (secondary N) is 2. The molecular formula is C35H34F2N6O6. The van der Waals surface area contributed by atoms with E-state index < -0.39 is 12.3 Å². The monoisotopic (exact) mass is 672 g/mol. The van der Waals surface area contributed by atoms with Crippen molar-refractivity contribution in [3.8, 4) is 39.8 Å². The zero-order valence-corrected chi connectivity index (χ0v) is 26.4. The van der Waals surface area contributed by atoms with E-state index in [1.54, 1.807) is 29.9 Å². The molecule has 0 bridgehead atoms. The van der Waals surface area contributed by atoms with Crippen LogP contribution in [0, 0.1) is 11.3 Å². The quantitative estimate of drug-likeness (QED) is 0.0637. The van der Waals surface area contributed by atoms with Crippen molar-refractivity contribution in [1.29, 1.82) is 5.26 Å². The number of rotatable bonds is 10. The molecule has 4 aromatic rings. The molecule has 5 N–H and O–H groups in total. The highest BCUT2D eigenvalue weighted by atomic mass is 19.3.